The van der Waals surface area contributed by atoms with Gasteiger partial charge in [0.15, 0.2) is 6.10 Å². The molecule has 0 radical (unpaired) electrons. The summed E-state index contributed by atoms with van der Waals surface area (Å²) >= 11 is 5.98. The van der Waals surface area contributed by atoms with Crippen molar-refractivity contribution in [2.75, 3.05) is 5.32 Å². The van der Waals surface area contributed by atoms with E-state index in [2.05, 4.69) is 5.32 Å². The first-order valence-corrected chi connectivity index (χ1v) is 8.44. The fourth-order valence-electron chi connectivity index (χ4n) is 2.29. The van der Waals surface area contributed by atoms with E-state index >= 15 is 0 Å². The smallest absolute Gasteiger partial charge is 0.375 e. The number of carbonyl (C=O) groups is 2. The van der Waals surface area contributed by atoms with Crippen LogP contribution < -0.4 is 5.32 Å². The number of para-hydroxylation sites is 1. The summed E-state index contributed by atoms with van der Waals surface area (Å²) in [5, 5.41) is 2.96. The van der Waals surface area contributed by atoms with Gasteiger partial charge in [0.05, 0.1) is 10.7 Å². The molecule has 1 aromatic heterocycles. The average molecular weight is 388 g/mol. The molecule has 1 amide bonds. The quantitative estimate of drug-likeness (QED) is 0.631. The number of rotatable bonds is 5. The van der Waals surface area contributed by atoms with E-state index in [0.29, 0.717) is 22.0 Å². The Morgan fingerprint density at radius 3 is 2.48 bits per heavy atom. The highest BCUT2D eigenvalue weighted by molar-refractivity contribution is 6.33. The molecule has 7 heteroatoms. The van der Waals surface area contributed by atoms with E-state index in [-0.39, 0.29) is 11.6 Å². The van der Waals surface area contributed by atoms with Gasteiger partial charge in [-0.05, 0) is 55.5 Å². The van der Waals surface area contributed by atoms with Crippen LogP contribution in [0.2, 0.25) is 5.02 Å². The standard InChI is InChI=1S/C20H15ClFNO4/c1-12(19(24)23-16-5-3-2-4-15(16)21)26-20(25)18-11-10-17(27-18)13-6-8-14(22)9-7-13/h2-12H,1H3,(H,23,24)/t12-/m1/s1. The molecule has 0 saturated heterocycles. The molecule has 1 heterocycles. The summed E-state index contributed by atoms with van der Waals surface area (Å²) < 4.78 is 23.6. The largest absolute Gasteiger partial charge is 0.449 e. The minimum atomic E-state index is -1.06. The molecule has 0 aliphatic carbocycles. The van der Waals surface area contributed by atoms with Gasteiger partial charge in [0.2, 0.25) is 5.76 Å². The number of nitrogens with one attached hydrogen (secondary N) is 1. The number of hydrogen-bond acceptors (Lipinski definition) is 4. The van der Waals surface area contributed by atoms with Crippen LogP contribution in [0, 0.1) is 5.82 Å². The van der Waals surface area contributed by atoms with Crippen molar-refractivity contribution in [3.8, 4) is 11.3 Å². The molecule has 1 N–H and O–H groups in total. The Hall–Kier alpha value is -3.12. The normalized spacial score (nSPS) is 11.7. The molecule has 0 aliphatic heterocycles. The lowest BCUT2D eigenvalue weighted by Gasteiger charge is -2.13. The second-order valence-electron chi connectivity index (χ2n) is 5.69. The number of hydrogen-bond donors (Lipinski definition) is 1. The van der Waals surface area contributed by atoms with Crippen LogP contribution in [0.15, 0.2) is 65.1 Å². The minimum Gasteiger partial charge on any atom is -0.449 e. The molecular formula is C20H15ClFNO4. The first-order valence-electron chi connectivity index (χ1n) is 8.06. The molecule has 0 unspecified atom stereocenters. The Morgan fingerprint density at radius 2 is 1.78 bits per heavy atom. The second-order valence-corrected chi connectivity index (χ2v) is 6.09. The number of benzene rings is 2. The van der Waals surface area contributed by atoms with Gasteiger partial charge >= 0.3 is 5.97 Å². The Kier molecular flexibility index (Phi) is 5.57. The van der Waals surface area contributed by atoms with Gasteiger partial charge in [0.1, 0.15) is 11.6 Å². The summed E-state index contributed by atoms with van der Waals surface area (Å²) in [5.41, 5.74) is 1.03. The zero-order chi connectivity index (χ0) is 19.4. The summed E-state index contributed by atoms with van der Waals surface area (Å²) in [6, 6.07) is 15.4. The number of anilines is 1. The van der Waals surface area contributed by atoms with E-state index in [1.54, 1.807) is 30.3 Å². The fraction of sp³-hybridized carbons (Fsp3) is 0.100. The van der Waals surface area contributed by atoms with Gasteiger partial charge in [0, 0.05) is 5.56 Å². The van der Waals surface area contributed by atoms with Gasteiger partial charge < -0.3 is 14.5 Å². The summed E-state index contributed by atoms with van der Waals surface area (Å²) in [6.07, 6.45) is -1.06. The van der Waals surface area contributed by atoms with Gasteiger partial charge in [-0.1, -0.05) is 23.7 Å². The highest BCUT2D eigenvalue weighted by Crippen LogP contribution is 2.24. The summed E-state index contributed by atoms with van der Waals surface area (Å²) in [6.45, 7) is 1.44. The molecular weight excluding hydrogens is 373 g/mol. The van der Waals surface area contributed by atoms with Gasteiger partial charge in [-0.3, -0.25) is 4.79 Å². The van der Waals surface area contributed by atoms with Crippen LogP contribution in [0.25, 0.3) is 11.3 Å². The topological polar surface area (TPSA) is 68.5 Å². The van der Waals surface area contributed by atoms with Crippen molar-refractivity contribution in [1.82, 2.24) is 0 Å². The van der Waals surface area contributed by atoms with Crippen molar-refractivity contribution in [3.05, 3.63) is 77.3 Å². The zero-order valence-electron chi connectivity index (χ0n) is 14.2. The number of halogens is 2. The number of ether oxygens (including phenoxy) is 1. The molecule has 0 spiro atoms. The van der Waals surface area contributed by atoms with E-state index in [0.717, 1.165) is 0 Å². The lowest BCUT2D eigenvalue weighted by atomic mass is 10.2. The lowest BCUT2D eigenvalue weighted by molar-refractivity contribution is -0.123. The number of amides is 1. The molecule has 138 valence electrons. The monoisotopic (exact) mass is 387 g/mol. The SMILES string of the molecule is C[C@@H](OC(=O)c1ccc(-c2ccc(F)cc2)o1)C(=O)Nc1ccccc1Cl. The van der Waals surface area contributed by atoms with Crippen molar-refractivity contribution >= 4 is 29.2 Å². The molecule has 5 nitrogen and oxygen atoms in total. The van der Waals surface area contributed by atoms with Crippen molar-refractivity contribution in [1.29, 1.82) is 0 Å². The maximum atomic E-state index is 13.0. The Bertz CT molecular complexity index is 968. The van der Waals surface area contributed by atoms with Gasteiger partial charge in [-0.2, -0.15) is 0 Å². The first kappa shape index (κ1) is 18.7. The third-order valence-electron chi connectivity index (χ3n) is 3.72. The zero-order valence-corrected chi connectivity index (χ0v) is 15.0. The van der Waals surface area contributed by atoms with Crippen LogP contribution in [0.1, 0.15) is 17.5 Å². The van der Waals surface area contributed by atoms with Crippen LogP contribution >= 0.6 is 11.6 Å². The second kappa shape index (κ2) is 8.05. The molecule has 0 bridgehead atoms. The van der Waals surface area contributed by atoms with Crippen LogP contribution in [0.3, 0.4) is 0 Å². The highest BCUT2D eigenvalue weighted by atomic mass is 35.5. The van der Waals surface area contributed by atoms with Crippen LogP contribution in [-0.4, -0.2) is 18.0 Å². The van der Waals surface area contributed by atoms with Crippen molar-refractivity contribution < 1.29 is 23.1 Å². The molecule has 0 fully saturated rings. The number of esters is 1. The molecule has 0 aliphatic rings. The Labute approximate surface area is 159 Å². The maximum Gasteiger partial charge on any atom is 0.375 e. The molecule has 3 aromatic rings. The third-order valence-corrected chi connectivity index (χ3v) is 4.05. The third kappa shape index (κ3) is 4.54. The van der Waals surface area contributed by atoms with Crippen LogP contribution in [-0.2, 0) is 9.53 Å². The predicted molar refractivity (Wildman–Crippen MR) is 99.1 cm³/mol. The van der Waals surface area contributed by atoms with E-state index in [9.17, 15) is 14.0 Å². The van der Waals surface area contributed by atoms with E-state index < -0.39 is 18.0 Å². The minimum absolute atomic E-state index is 0.0632. The fourth-order valence-corrected chi connectivity index (χ4v) is 2.47. The number of carbonyl (C=O) groups excluding carboxylic acids is 2. The van der Waals surface area contributed by atoms with Gasteiger partial charge in [0.25, 0.3) is 5.91 Å². The number of furan rings is 1. The van der Waals surface area contributed by atoms with Crippen molar-refractivity contribution in [3.63, 3.8) is 0 Å². The summed E-state index contributed by atoms with van der Waals surface area (Å²) in [4.78, 5) is 24.4. The predicted octanol–water partition coefficient (Wildman–Crippen LogP) is 4.92. The summed E-state index contributed by atoms with van der Waals surface area (Å²) in [5.74, 6) is -1.36. The molecule has 1 atom stereocenters. The molecule has 3 rings (SSSR count). The first-order chi connectivity index (χ1) is 12.9. The average Bonchev–Trinajstić information content (AvgIpc) is 3.14. The summed E-state index contributed by atoms with van der Waals surface area (Å²) in [7, 11) is 0. The van der Waals surface area contributed by atoms with E-state index in [1.807, 2.05) is 0 Å². The van der Waals surface area contributed by atoms with E-state index in [1.165, 1.54) is 37.3 Å². The van der Waals surface area contributed by atoms with Crippen LogP contribution in [0.4, 0.5) is 10.1 Å². The van der Waals surface area contributed by atoms with Gasteiger partial charge in [-0.15, -0.1) is 0 Å². The van der Waals surface area contributed by atoms with Crippen LogP contribution in [0.5, 0.6) is 0 Å². The van der Waals surface area contributed by atoms with Crippen molar-refractivity contribution in [2.24, 2.45) is 0 Å². The maximum absolute atomic E-state index is 13.0. The Morgan fingerprint density at radius 1 is 1.07 bits per heavy atom. The van der Waals surface area contributed by atoms with Gasteiger partial charge in [-0.25, -0.2) is 9.18 Å². The Balaban J connectivity index is 1.64. The van der Waals surface area contributed by atoms with Crippen molar-refractivity contribution in [2.45, 2.75) is 13.0 Å². The molecule has 2 aromatic carbocycles. The molecule has 27 heavy (non-hydrogen) atoms. The van der Waals surface area contributed by atoms with E-state index in [4.69, 9.17) is 20.8 Å². The highest BCUT2D eigenvalue weighted by Gasteiger charge is 2.22. The molecule has 0 saturated carbocycles. The lowest BCUT2D eigenvalue weighted by Crippen LogP contribution is -2.30.